The molecule has 0 radical (unpaired) electrons. The van der Waals surface area contributed by atoms with E-state index in [0.29, 0.717) is 23.7 Å². The highest BCUT2D eigenvalue weighted by Crippen LogP contribution is 2.29. The van der Waals surface area contributed by atoms with Crippen LogP contribution in [0.25, 0.3) is 0 Å². The lowest BCUT2D eigenvalue weighted by Crippen LogP contribution is -2.25. The van der Waals surface area contributed by atoms with E-state index in [1.165, 1.54) is 18.9 Å². The Morgan fingerprint density at radius 1 is 0.923 bits per heavy atom. The Balaban J connectivity index is 1.71. The van der Waals surface area contributed by atoms with Crippen LogP contribution in [0.5, 0.6) is 11.5 Å². The van der Waals surface area contributed by atoms with Gasteiger partial charge in [0.05, 0.1) is 25.7 Å². The van der Waals surface area contributed by atoms with Crippen molar-refractivity contribution in [2.75, 3.05) is 31.0 Å². The SMILES string of the molecule is COc1ccc(NC(=O)CSCC(=O)NCc2ccccc2)cc1OC. The highest BCUT2D eigenvalue weighted by atomic mass is 32.2. The van der Waals surface area contributed by atoms with Gasteiger partial charge in [0, 0.05) is 18.3 Å². The molecule has 0 aliphatic carbocycles. The molecule has 6 nitrogen and oxygen atoms in total. The maximum Gasteiger partial charge on any atom is 0.234 e. The maximum absolute atomic E-state index is 12.0. The van der Waals surface area contributed by atoms with E-state index in [0.717, 1.165) is 5.56 Å². The molecule has 26 heavy (non-hydrogen) atoms. The predicted molar refractivity (Wildman–Crippen MR) is 104 cm³/mol. The number of thioether (sulfide) groups is 1. The fourth-order valence-corrected chi connectivity index (χ4v) is 2.84. The molecule has 0 atom stereocenters. The lowest BCUT2D eigenvalue weighted by molar-refractivity contribution is -0.118. The second-order valence-electron chi connectivity index (χ2n) is 5.37. The third-order valence-electron chi connectivity index (χ3n) is 3.47. The predicted octanol–water partition coefficient (Wildman–Crippen LogP) is 2.69. The van der Waals surface area contributed by atoms with Crippen LogP contribution in [0.15, 0.2) is 48.5 Å². The van der Waals surface area contributed by atoms with Crippen molar-refractivity contribution < 1.29 is 19.1 Å². The van der Waals surface area contributed by atoms with Gasteiger partial charge in [-0.2, -0.15) is 0 Å². The summed E-state index contributed by atoms with van der Waals surface area (Å²) in [6.45, 7) is 0.484. The summed E-state index contributed by atoms with van der Waals surface area (Å²) in [5.74, 6) is 1.27. The Kier molecular flexibility index (Phi) is 7.82. The zero-order valence-electron chi connectivity index (χ0n) is 14.8. The fraction of sp³-hybridized carbons (Fsp3) is 0.263. The van der Waals surface area contributed by atoms with Gasteiger partial charge in [0.15, 0.2) is 11.5 Å². The van der Waals surface area contributed by atoms with Gasteiger partial charge in [-0.05, 0) is 17.7 Å². The molecule has 0 heterocycles. The van der Waals surface area contributed by atoms with Gasteiger partial charge in [0.2, 0.25) is 11.8 Å². The van der Waals surface area contributed by atoms with Crippen LogP contribution in [0.1, 0.15) is 5.56 Å². The highest BCUT2D eigenvalue weighted by molar-refractivity contribution is 8.00. The van der Waals surface area contributed by atoms with Crippen LogP contribution in [0.2, 0.25) is 0 Å². The quantitative estimate of drug-likeness (QED) is 0.706. The van der Waals surface area contributed by atoms with E-state index < -0.39 is 0 Å². The van der Waals surface area contributed by atoms with Gasteiger partial charge < -0.3 is 20.1 Å². The molecule has 0 aromatic heterocycles. The van der Waals surface area contributed by atoms with Crippen molar-refractivity contribution in [3.05, 3.63) is 54.1 Å². The van der Waals surface area contributed by atoms with Crippen molar-refractivity contribution in [3.63, 3.8) is 0 Å². The van der Waals surface area contributed by atoms with Crippen molar-refractivity contribution in [2.24, 2.45) is 0 Å². The second kappa shape index (κ2) is 10.4. The summed E-state index contributed by atoms with van der Waals surface area (Å²) in [6, 6.07) is 14.8. The molecule has 2 aromatic carbocycles. The molecule has 0 fully saturated rings. The molecule has 2 rings (SSSR count). The number of amides is 2. The number of anilines is 1. The van der Waals surface area contributed by atoms with Gasteiger partial charge >= 0.3 is 0 Å². The molecule has 0 aliphatic heterocycles. The minimum Gasteiger partial charge on any atom is -0.493 e. The second-order valence-corrected chi connectivity index (χ2v) is 6.36. The third-order valence-corrected chi connectivity index (χ3v) is 4.40. The average Bonchev–Trinajstić information content (AvgIpc) is 2.67. The third kappa shape index (κ3) is 6.33. The van der Waals surface area contributed by atoms with Gasteiger partial charge in [-0.1, -0.05) is 30.3 Å². The molecule has 0 spiro atoms. The zero-order chi connectivity index (χ0) is 18.8. The molecular weight excluding hydrogens is 352 g/mol. The summed E-state index contributed by atoms with van der Waals surface area (Å²) in [6.07, 6.45) is 0. The number of methoxy groups -OCH3 is 2. The number of benzene rings is 2. The molecule has 138 valence electrons. The van der Waals surface area contributed by atoms with Gasteiger partial charge in [-0.15, -0.1) is 11.8 Å². The lowest BCUT2D eigenvalue weighted by atomic mass is 10.2. The molecule has 2 aromatic rings. The van der Waals surface area contributed by atoms with E-state index >= 15 is 0 Å². The van der Waals surface area contributed by atoms with E-state index in [9.17, 15) is 9.59 Å². The van der Waals surface area contributed by atoms with E-state index in [1.54, 1.807) is 25.3 Å². The molecule has 0 aliphatic rings. The van der Waals surface area contributed by atoms with Gasteiger partial charge in [0.1, 0.15) is 0 Å². The van der Waals surface area contributed by atoms with Crippen LogP contribution in [-0.2, 0) is 16.1 Å². The van der Waals surface area contributed by atoms with Crippen molar-refractivity contribution in [3.8, 4) is 11.5 Å². The molecule has 7 heteroatoms. The van der Waals surface area contributed by atoms with E-state index in [1.807, 2.05) is 30.3 Å². The first-order chi connectivity index (χ1) is 12.6. The first-order valence-corrected chi connectivity index (χ1v) is 9.18. The van der Waals surface area contributed by atoms with Gasteiger partial charge in [-0.3, -0.25) is 9.59 Å². The summed E-state index contributed by atoms with van der Waals surface area (Å²) < 4.78 is 10.4. The number of carbonyl (C=O) groups excluding carboxylic acids is 2. The normalized spacial score (nSPS) is 10.1. The largest absolute Gasteiger partial charge is 0.493 e. The highest BCUT2D eigenvalue weighted by Gasteiger charge is 2.09. The van der Waals surface area contributed by atoms with E-state index in [4.69, 9.17) is 9.47 Å². The lowest BCUT2D eigenvalue weighted by Gasteiger charge is -2.10. The van der Waals surface area contributed by atoms with Crippen molar-refractivity contribution in [1.82, 2.24) is 5.32 Å². The molecule has 2 amide bonds. The van der Waals surface area contributed by atoms with Gasteiger partial charge in [0.25, 0.3) is 0 Å². The van der Waals surface area contributed by atoms with Crippen molar-refractivity contribution in [2.45, 2.75) is 6.54 Å². The number of ether oxygens (including phenoxy) is 2. The Morgan fingerprint density at radius 2 is 1.62 bits per heavy atom. The number of nitrogens with one attached hydrogen (secondary N) is 2. The Bertz CT molecular complexity index is 738. The van der Waals surface area contributed by atoms with Crippen LogP contribution >= 0.6 is 11.8 Å². The average molecular weight is 374 g/mol. The standard InChI is InChI=1S/C19H22N2O4S/c1-24-16-9-8-15(10-17(16)25-2)21-19(23)13-26-12-18(22)20-11-14-6-4-3-5-7-14/h3-10H,11-13H2,1-2H3,(H,20,22)(H,21,23). The van der Waals surface area contributed by atoms with Crippen LogP contribution in [0.3, 0.4) is 0 Å². The van der Waals surface area contributed by atoms with Crippen LogP contribution in [0, 0.1) is 0 Å². The smallest absolute Gasteiger partial charge is 0.234 e. The summed E-state index contributed by atoms with van der Waals surface area (Å²) in [5.41, 5.74) is 1.65. The minimum atomic E-state index is -0.182. The molecule has 0 bridgehead atoms. The Labute approximate surface area is 157 Å². The minimum absolute atomic E-state index is 0.0993. The first-order valence-electron chi connectivity index (χ1n) is 8.02. The van der Waals surface area contributed by atoms with Crippen molar-refractivity contribution in [1.29, 1.82) is 0 Å². The molecule has 2 N–H and O–H groups in total. The molecule has 0 saturated carbocycles. The van der Waals surface area contributed by atoms with Crippen LogP contribution < -0.4 is 20.1 Å². The molecule has 0 saturated heterocycles. The zero-order valence-corrected chi connectivity index (χ0v) is 15.6. The number of hydrogen-bond donors (Lipinski definition) is 2. The fourth-order valence-electron chi connectivity index (χ4n) is 2.20. The topological polar surface area (TPSA) is 76.7 Å². The summed E-state index contributed by atoms with van der Waals surface area (Å²) >= 11 is 1.26. The summed E-state index contributed by atoms with van der Waals surface area (Å²) in [5, 5.41) is 5.60. The van der Waals surface area contributed by atoms with Gasteiger partial charge in [-0.25, -0.2) is 0 Å². The Hall–Kier alpha value is -2.67. The number of rotatable bonds is 9. The number of hydrogen-bond acceptors (Lipinski definition) is 5. The molecule has 0 unspecified atom stereocenters. The summed E-state index contributed by atoms with van der Waals surface area (Å²) in [7, 11) is 3.09. The molecular formula is C19H22N2O4S. The van der Waals surface area contributed by atoms with Crippen LogP contribution in [0.4, 0.5) is 5.69 Å². The number of carbonyl (C=O) groups is 2. The monoisotopic (exact) mass is 374 g/mol. The van der Waals surface area contributed by atoms with Crippen LogP contribution in [-0.4, -0.2) is 37.5 Å². The first kappa shape index (κ1) is 19.7. The van der Waals surface area contributed by atoms with Crippen molar-refractivity contribution >= 4 is 29.3 Å². The van der Waals surface area contributed by atoms with E-state index in [2.05, 4.69) is 10.6 Å². The van der Waals surface area contributed by atoms with E-state index in [-0.39, 0.29) is 23.3 Å². The summed E-state index contributed by atoms with van der Waals surface area (Å²) in [4.78, 5) is 23.8. The maximum atomic E-state index is 12.0. The Morgan fingerprint density at radius 3 is 2.31 bits per heavy atom.